The smallest absolute Gasteiger partial charge is 0.387 e. The van der Waals surface area contributed by atoms with E-state index in [4.69, 9.17) is 0 Å². The van der Waals surface area contributed by atoms with E-state index >= 15 is 0 Å². The maximum atomic E-state index is 13.0. The van der Waals surface area contributed by atoms with Crippen molar-refractivity contribution in [3.63, 3.8) is 0 Å². The largest absolute Gasteiger partial charge is 0.435 e. The van der Waals surface area contributed by atoms with Gasteiger partial charge in [-0.3, -0.25) is 14.5 Å². The first-order valence-corrected chi connectivity index (χ1v) is 11.6. The number of fused-ring (bicyclic) bond motifs is 1. The normalized spacial score (nSPS) is 18.4. The number of hydrogen-bond acceptors (Lipinski definition) is 4. The first-order chi connectivity index (χ1) is 17.1. The first-order valence-electron chi connectivity index (χ1n) is 11.6. The number of nitrogens with zero attached hydrogens (tertiary/aromatic N) is 1. The van der Waals surface area contributed by atoms with Gasteiger partial charge in [-0.15, -0.1) is 0 Å². The van der Waals surface area contributed by atoms with Gasteiger partial charge >= 0.3 is 12.6 Å². The predicted molar refractivity (Wildman–Crippen MR) is 131 cm³/mol. The molecule has 0 bridgehead atoms. The fourth-order valence-corrected chi connectivity index (χ4v) is 4.28. The zero-order valence-corrected chi connectivity index (χ0v) is 20.0. The summed E-state index contributed by atoms with van der Waals surface area (Å²) in [6, 6.07) is 19.0. The van der Waals surface area contributed by atoms with Crippen LogP contribution in [0.2, 0.25) is 0 Å². The van der Waals surface area contributed by atoms with Crippen LogP contribution in [0, 0.1) is 0 Å². The molecule has 3 aromatic carbocycles. The Balaban J connectivity index is 1.34. The summed E-state index contributed by atoms with van der Waals surface area (Å²) in [5.74, 6) is -0.892. The number of nitrogens with one attached hydrogen (secondary N) is 2. The molecule has 4 rings (SSSR count). The lowest BCUT2D eigenvalue weighted by Crippen LogP contribution is -2.45. The second-order valence-corrected chi connectivity index (χ2v) is 9.07. The molecular formula is C27H27F2N3O4. The highest BCUT2D eigenvalue weighted by Crippen LogP contribution is 2.25. The molecule has 1 fully saturated rings. The zero-order chi connectivity index (χ0) is 25.9. The molecule has 1 aliphatic rings. The van der Waals surface area contributed by atoms with Gasteiger partial charge < -0.3 is 15.4 Å². The molecule has 0 radical (unpaired) electrons. The van der Waals surface area contributed by atoms with Crippen molar-refractivity contribution in [2.24, 2.45) is 0 Å². The van der Waals surface area contributed by atoms with Crippen LogP contribution in [0.5, 0.6) is 5.75 Å². The molecule has 0 unspecified atom stereocenters. The maximum absolute atomic E-state index is 13.0. The zero-order valence-electron chi connectivity index (χ0n) is 20.0. The number of halogens is 2. The van der Waals surface area contributed by atoms with Crippen LogP contribution < -0.4 is 15.4 Å². The Bertz CT molecular complexity index is 1280. The Labute approximate surface area is 207 Å². The molecule has 2 N–H and O–H groups in total. The molecule has 1 heterocycles. The second kappa shape index (κ2) is 10.3. The van der Waals surface area contributed by atoms with Gasteiger partial charge in [-0.2, -0.15) is 8.78 Å². The number of imide groups is 1. The molecule has 4 amide bonds. The molecule has 1 aliphatic heterocycles. The molecule has 0 saturated carbocycles. The van der Waals surface area contributed by atoms with Crippen LogP contribution in [0.15, 0.2) is 66.7 Å². The van der Waals surface area contributed by atoms with Gasteiger partial charge in [0.15, 0.2) is 0 Å². The first kappa shape index (κ1) is 25.1. The van der Waals surface area contributed by atoms with Gasteiger partial charge in [0, 0.05) is 0 Å². The van der Waals surface area contributed by atoms with Crippen LogP contribution in [0.1, 0.15) is 37.4 Å². The minimum absolute atomic E-state index is 0.0420. The summed E-state index contributed by atoms with van der Waals surface area (Å²) in [5.41, 5.74) is 0.522. The van der Waals surface area contributed by atoms with Crippen LogP contribution in [0.3, 0.4) is 0 Å². The standard InChI is InChI=1S/C27H27F2N3O4/c1-17(20-10-9-19-5-3-4-6-21(19)15-20)30-23(33)16-32-24(34)27(2,31-26(32)35)14-13-18-7-11-22(12-8-18)36-25(28)29/h3-12,15,17,25H,13-14,16H2,1-2H3,(H,30,33)(H,31,35)/t17-,27+/m1/s1. The summed E-state index contributed by atoms with van der Waals surface area (Å²) in [6.45, 7) is 0.157. The van der Waals surface area contributed by atoms with E-state index in [-0.39, 0.29) is 18.2 Å². The number of ether oxygens (including phenoxy) is 1. The Morgan fingerprint density at radius 2 is 1.75 bits per heavy atom. The number of carbonyl (C=O) groups is 3. The highest BCUT2D eigenvalue weighted by Gasteiger charge is 2.47. The number of hydrogen-bond donors (Lipinski definition) is 2. The molecule has 0 spiro atoms. The number of urea groups is 1. The van der Waals surface area contributed by atoms with E-state index in [0.29, 0.717) is 6.42 Å². The fraction of sp³-hybridized carbons (Fsp3) is 0.296. The SMILES string of the molecule is C[C@@H](NC(=O)CN1C(=O)N[C@@](C)(CCc2ccc(OC(F)F)cc2)C1=O)c1ccc2ccccc2c1. The average Bonchev–Trinajstić information content (AvgIpc) is 3.06. The van der Waals surface area contributed by atoms with Gasteiger partial charge in [0.25, 0.3) is 5.91 Å². The minimum Gasteiger partial charge on any atom is -0.435 e. The van der Waals surface area contributed by atoms with E-state index < -0.39 is 36.5 Å². The molecular weight excluding hydrogens is 468 g/mol. The number of amides is 4. The van der Waals surface area contributed by atoms with Crippen LogP contribution >= 0.6 is 0 Å². The molecule has 2 atom stereocenters. The van der Waals surface area contributed by atoms with Gasteiger partial charge in [0.1, 0.15) is 17.8 Å². The van der Waals surface area contributed by atoms with E-state index in [2.05, 4.69) is 15.4 Å². The fourth-order valence-electron chi connectivity index (χ4n) is 4.28. The van der Waals surface area contributed by atoms with E-state index in [9.17, 15) is 23.2 Å². The van der Waals surface area contributed by atoms with Crippen LogP contribution in [0.25, 0.3) is 10.8 Å². The van der Waals surface area contributed by atoms with Crippen LogP contribution in [-0.4, -0.2) is 41.4 Å². The van der Waals surface area contributed by atoms with Gasteiger partial charge in [-0.1, -0.05) is 48.5 Å². The van der Waals surface area contributed by atoms with E-state index in [1.54, 1.807) is 19.1 Å². The monoisotopic (exact) mass is 495 g/mol. The Morgan fingerprint density at radius 1 is 1.06 bits per heavy atom. The quantitative estimate of drug-likeness (QED) is 0.426. The lowest BCUT2D eigenvalue weighted by molar-refractivity contribution is -0.134. The van der Waals surface area contributed by atoms with Gasteiger partial charge in [0.05, 0.1) is 6.04 Å². The average molecular weight is 496 g/mol. The number of alkyl halides is 2. The van der Waals surface area contributed by atoms with Crippen molar-refractivity contribution in [3.8, 4) is 5.75 Å². The van der Waals surface area contributed by atoms with Crippen molar-refractivity contribution < 1.29 is 27.9 Å². The molecule has 0 aromatic heterocycles. The number of aryl methyl sites for hydroxylation is 1. The Kier molecular flexibility index (Phi) is 7.19. The Hall–Kier alpha value is -4.01. The van der Waals surface area contributed by atoms with Crippen molar-refractivity contribution in [2.75, 3.05) is 6.54 Å². The molecule has 9 heteroatoms. The summed E-state index contributed by atoms with van der Waals surface area (Å²) in [7, 11) is 0. The van der Waals surface area contributed by atoms with Gasteiger partial charge in [-0.25, -0.2) is 4.79 Å². The third-order valence-corrected chi connectivity index (χ3v) is 6.36. The molecule has 3 aromatic rings. The summed E-state index contributed by atoms with van der Waals surface area (Å²) < 4.78 is 29.0. The number of carbonyl (C=O) groups excluding carboxylic acids is 3. The van der Waals surface area contributed by atoms with Crippen molar-refractivity contribution in [2.45, 2.75) is 44.9 Å². The van der Waals surface area contributed by atoms with Gasteiger partial charge in [0.2, 0.25) is 5.91 Å². The summed E-state index contributed by atoms with van der Waals surface area (Å²) >= 11 is 0. The summed E-state index contributed by atoms with van der Waals surface area (Å²) in [5, 5.41) is 7.68. The highest BCUT2D eigenvalue weighted by atomic mass is 19.3. The van der Waals surface area contributed by atoms with Crippen molar-refractivity contribution in [1.82, 2.24) is 15.5 Å². The summed E-state index contributed by atoms with van der Waals surface area (Å²) in [6.07, 6.45) is 0.689. The molecule has 188 valence electrons. The molecule has 7 nitrogen and oxygen atoms in total. The predicted octanol–water partition coefficient (Wildman–Crippen LogP) is 4.56. The van der Waals surface area contributed by atoms with Crippen molar-refractivity contribution >= 4 is 28.6 Å². The molecule has 1 saturated heterocycles. The lowest BCUT2D eigenvalue weighted by atomic mass is 9.93. The molecule has 36 heavy (non-hydrogen) atoms. The number of rotatable bonds is 9. The minimum atomic E-state index is -2.90. The third-order valence-electron chi connectivity index (χ3n) is 6.36. The van der Waals surface area contributed by atoms with Crippen molar-refractivity contribution in [1.29, 1.82) is 0 Å². The number of benzene rings is 3. The maximum Gasteiger partial charge on any atom is 0.387 e. The highest BCUT2D eigenvalue weighted by molar-refractivity contribution is 6.08. The van der Waals surface area contributed by atoms with Gasteiger partial charge in [-0.05, 0) is 66.8 Å². The lowest BCUT2D eigenvalue weighted by Gasteiger charge is -2.22. The van der Waals surface area contributed by atoms with Crippen molar-refractivity contribution in [3.05, 3.63) is 77.9 Å². The Morgan fingerprint density at radius 3 is 2.44 bits per heavy atom. The molecule has 0 aliphatic carbocycles. The van der Waals surface area contributed by atoms with E-state index in [0.717, 1.165) is 26.8 Å². The third kappa shape index (κ3) is 5.62. The van der Waals surface area contributed by atoms with E-state index in [1.807, 2.05) is 49.4 Å². The summed E-state index contributed by atoms with van der Waals surface area (Å²) in [4.78, 5) is 39.2. The topological polar surface area (TPSA) is 87.7 Å². The van der Waals surface area contributed by atoms with Crippen LogP contribution in [-0.2, 0) is 16.0 Å². The van der Waals surface area contributed by atoms with E-state index in [1.165, 1.54) is 12.1 Å². The van der Waals surface area contributed by atoms with Crippen LogP contribution in [0.4, 0.5) is 13.6 Å². The second-order valence-electron chi connectivity index (χ2n) is 9.07.